The van der Waals surface area contributed by atoms with Crippen molar-refractivity contribution in [1.82, 2.24) is 0 Å². The molecular formula is C30H31N3O4. The van der Waals surface area contributed by atoms with Gasteiger partial charge >= 0.3 is 0 Å². The van der Waals surface area contributed by atoms with Gasteiger partial charge in [0.15, 0.2) is 0 Å². The third-order valence-electron chi connectivity index (χ3n) is 7.00. The van der Waals surface area contributed by atoms with Crippen LogP contribution in [0.3, 0.4) is 0 Å². The zero-order valence-corrected chi connectivity index (χ0v) is 21.6. The fourth-order valence-electron chi connectivity index (χ4n) is 4.94. The summed E-state index contributed by atoms with van der Waals surface area (Å²) in [5, 5.41) is 11.5. The highest BCUT2D eigenvalue weighted by molar-refractivity contribution is 6.51. The number of hydrogen-bond acceptors (Lipinski definition) is 6. The SMILES string of the molecule is CN(C)c1ccc(C2/C(=C(/O)c3ccc4c(c3)CCCO4)C(=O)C(=O)N2c2ccc(N(C)C)cc2)cc1. The van der Waals surface area contributed by atoms with Gasteiger partial charge in [0.1, 0.15) is 11.5 Å². The minimum Gasteiger partial charge on any atom is -0.507 e. The van der Waals surface area contributed by atoms with Crippen molar-refractivity contribution in [3.63, 3.8) is 0 Å². The van der Waals surface area contributed by atoms with E-state index in [2.05, 4.69) is 0 Å². The van der Waals surface area contributed by atoms with Crippen LogP contribution in [0, 0.1) is 0 Å². The molecule has 1 N–H and O–H groups in total. The molecule has 0 spiro atoms. The summed E-state index contributed by atoms with van der Waals surface area (Å²) in [5.41, 5.74) is 4.86. The number of fused-ring (bicyclic) bond motifs is 1. The molecule has 1 atom stereocenters. The first-order valence-electron chi connectivity index (χ1n) is 12.4. The fraction of sp³-hybridized carbons (Fsp3) is 0.267. The minimum absolute atomic E-state index is 0.0796. The second-order valence-electron chi connectivity index (χ2n) is 9.84. The monoisotopic (exact) mass is 497 g/mol. The molecule has 190 valence electrons. The summed E-state index contributed by atoms with van der Waals surface area (Å²) in [4.78, 5) is 32.4. The topological polar surface area (TPSA) is 73.3 Å². The Morgan fingerprint density at radius 2 is 1.51 bits per heavy atom. The zero-order chi connectivity index (χ0) is 26.3. The number of aliphatic hydroxyl groups is 1. The van der Waals surface area contributed by atoms with Gasteiger partial charge in [0.25, 0.3) is 11.7 Å². The van der Waals surface area contributed by atoms with Crippen LogP contribution in [-0.4, -0.2) is 51.6 Å². The Bertz CT molecular complexity index is 1370. The van der Waals surface area contributed by atoms with E-state index in [0.29, 0.717) is 17.9 Å². The molecule has 0 aromatic heterocycles. The van der Waals surface area contributed by atoms with Crippen LogP contribution in [-0.2, 0) is 16.0 Å². The van der Waals surface area contributed by atoms with Crippen LogP contribution in [0.4, 0.5) is 17.1 Å². The van der Waals surface area contributed by atoms with Crippen molar-refractivity contribution in [2.24, 2.45) is 0 Å². The number of aliphatic hydroxyl groups excluding tert-OH is 1. The predicted octanol–water partition coefficient (Wildman–Crippen LogP) is 4.77. The van der Waals surface area contributed by atoms with Crippen molar-refractivity contribution in [3.05, 3.63) is 89.0 Å². The summed E-state index contributed by atoms with van der Waals surface area (Å²) in [5.74, 6) is -0.757. The quantitative estimate of drug-likeness (QED) is 0.311. The first-order chi connectivity index (χ1) is 17.8. The number of rotatable bonds is 5. The number of ketones is 1. The average molecular weight is 498 g/mol. The lowest BCUT2D eigenvalue weighted by atomic mass is 9.93. The standard InChI is InChI=1S/C30H31N3O4/c1-31(2)22-10-7-19(8-11-22)27-26(28(34)21-9-16-25-20(18-21)6-5-17-37-25)29(35)30(36)33(27)24-14-12-23(13-15-24)32(3)4/h7-16,18,27,34H,5-6,17H2,1-4H3/b28-26-. The van der Waals surface area contributed by atoms with E-state index in [1.54, 1.807) is 6.07 Å². The van der Waals surface area contributed by atoms with Gasteiger partial charge in [0, 0.05) is 50.8 Å². The van der Waals surface area contributed by atoms with E-state index in [-0.39, 0.29) is 11.3 Å². The van der Waals surface area contributed by atoms with E-state index in [1.807, 2.05) is 98.7 Å². The number of amides is 1. The second-order valence-corrected chi connectivity index (χ2v) is 9.84. The van der Waals surface area contributed by atoms with Crippen LogP contribution in [0.5, 0.6) is 5.75 Å². The molecule has 3 aromatic rings. The van der Waals surface area contributed by atoms with Crippen molar-refractivity contribution in [3.8, 4) is 5.75 Å². The molecule has 1 saturated heterocycles. The van der Waals surface area contributed by atoms with Crippen LogP contribution in [0.25, 0.3) is 5.76 Å². The third kappa shape index (κ3) is 4.42. The van der Waals surface area contributed by atoms with Crippen LogP contribution in [0.2, 0.25) is 0 Å². The van der Waals surface area contributed by atoms with Gasteiger partial charge in [0.05, 0.1) is 18.2 Å². The molecule has 5 rings (SSSR count). The Hall–Kier alpha value is -4.26. The largest absolute Gasteiger partial charge is 0.507 e. The second kappa shape index (κ2) is 9.65. The Kier molecular flexibility index (Phi) is 6.38. The number of nitrogens with zero attached hydrogens (tertiary/aromatic N) is 3. The van der Waals surface area contributed by atoms with E-state index in [4.69, 9.17) is 4.74 Å². The fourth-order valence-corrected chi connectivity index (χ4v) is 4.94. The van der Waals surface area contributed by atoms with E-state index < -0.39 is 17.7 Å². The number of carbonyl (C=O) groups is 2. The summed E-state index contributed by atoms with van der Waals surface area (Å²) in [6, 6.07) is 19.8. The number of hydrogen-bond donors (Lipinski definition) is 1. The average Bonchev–Trinajstić information content (AvgIpc) is 3.18. The van der Waals surface area contributed by atoms with Crippen molar-refractivity contribution < 1.29 is 19.4 Å². The molecule has 0 radical (unpaired) electrons. The van der Waals surface area contributed by atoms with Gasteiger partial charge in [-0.05, 0) is 78.6 Å². The number of carbonyl (C=O) groups excluding carboxylic acids is 2. The van der Waals surface area contributed by atoms with Crippen LogP contribution in [0.1, 0.15) is 29.2 Å². The highest BCUT2D eigenvalue weighted by Crippen LogP contribution is 2.43. The summed E-state index contributed by atoms with van der Waals surface area (Å²) in [6.45, 7) is 0.666. The molecule has 0 saturated carbocycles. The highest BCUT2D eigenvalue weighted by atomic mass is 16.5. The van der Waals surface area contributed by atoms with Gasteiger partial charge in [-0.25, -0.2) is 0 Å². The van der Waals surface area contributed by atoms with Crippen molar-refractivity contribution in [2.45, 2.75) is 18.9 Å². The van der Waals surface area contributed by atoms with Gasteiger partial charge in [-0.3, -0.25) is 14.5 Å². The van der Waals surface area contributed by atoms with Crippen LogP contribution >= 0.6 is 0 Å². The smallest absolute Gasteiger partial charge is 0.300 e. The molecule has 7 heteroatoms. The number of Topliss-reactive ketones (excluding diaryl/α,β-unsaturated/α-hetero) is 1. The molecule has 0 aliphatic carbocycles. The van der Waals surface area contributed by atoms with Crippen molar-refractivity contribution >= 4 is 34.5 Å². The normalized spacial score (nSPS) is 18.4. The molecule has 1 fully saturated rings. The number of ether oxygens (including phenoxy) is 1. The predicted molar refractivity (Wildman–Crippen MR) is 147 cm³/mol. The maximum Gasteiger partial charge on any atom is 0.300 e. The van der Waals surface area contributed by atoms with Gasteiger partial charge < -0.3 is 19.6 Å². The molecule has 1 amide bonds. The molecule has 37 heavy (non-hydrogen) atoms. The zero-order valence-electron chi connectivity index (χ0n) is 21.6. The minimum atomic E-state index is -0.770. The number of benzene rings is 3. The Morgan fingerprint density at radius 1 is 0.892 bits per heavy atom. The molecule has 7 nitrogen and oxygen atoms in total. The molecule has 2 aliphatic heterocycles. The number of anilines is 3. The molecular weight excluding hydrogens is 466 g/mol. The maximum absolute atomic E-state index is 13.5. The van der Waals surface area contributed by atoms with Crippen molar-refractivity contribution in [2.75, 3.05) is 49.5 Å². The lowest BCUT2D eigenvalue weighted by Crippen LogP contribution is -2.29. The summed E-state index contributed by atoms with van der Waals surface area (Å²) in [7, 11) is 7.79. The van der Waals surface area contributed by atoms with Gasteiger partial charge in [-0.15, -0.1) is 0 Å². The highest BCUT2D eigenvalue weighted by Gasteiger charge is 2.47. The molecule has 3 aromatic carbocycles. The Morgan fingerprint density at radius 3 is 2.14 bits per heavy atom. The van der Waals surface area contributed by atoms with Gasteiger partial charge in [-0.2, -0.15) is 0 Å². The Balaban J connectivity index is 1.66. The molecule has 2 aliphatic rings. The lowest BCUT2D eigenvalue weighted by Gasteiger charge is -2.26. The van der Waals surface area contributed by atoms with Crippen LogP contribution < -0.4 is 19.4 Å². The summed E-state index contributed by atoms with van der Waals surface area (Å²) < 4.78 is 5.71. The first-order valence-corrected chi connectivity index (χ1v) is 12.4. The first kappa shape index (κ1) is 24.4. The van der Waals surface area contributed by atoms with E-state index >= 15 is 0 Å². The summed E-state index contributed by atoms with van der Waals surface area (Å²) in [6.07, 6.45) is 1.72. The maximum atomic E-state index is 13.5. The van der Waals surface area contributed by atoms with Crippen LogP contribution in [0.15, 0.2) is 72.3 Å². The molecule has 1 unspecified atom stereocenters. The third-order valence-corrected chi connectivity index (χ3v) is 7.00. The van der Waals surface area contributed by atoms with E-state index in [1.165, 1.54) is 4.90 Å². The van der Waals surface area contributed by atoms with Crippen molar-refractivity contribution in [1.29, 1.82) is 0 Å². The summed E-state index contributed by atoms with van der Waals surface area (Å²) >= 11 is 0. The lowest BCUT2D eigenvalue weighted by molar-refractivity contribution is -0.132. The molecule has 2 heterocycles. The number of aryl methyl sites for hydroxylation is 1. The molecule has 0 bridgehead atoms. The van der Waals surface area contributed by atoms with Gasteiger partial charge in [-0.1, -0.05) is 12.1 Å². The Labute approximate surface area is 217 Å². The van der Waals surface area contributed by atoms with E-state index in [9.17, 15) is 14.7 Å². The van der Waals surface area contributed by atoms with E-state index in [0.717, 1.165) is 41.1 Å². The van der Waals surface area contributed by atoms with Gasteiger partial charge in [0.2, 0.25) is 0 Å².